The van der Waals surface area contributed by atoms with Gasteiger partial charge in [-0.1, -0.05) is 18.2 Å². The van der Waals surface area contributed by atoms with Crippen molar-refractivity contribution in [3.05, 3.63) is 58.5 Å². The zero-order chi connectivity index (χ0) is 12.4. The van der Waals surface area contributed by atoms with Crippen molar-refractivity contribution in [3.8, 4) is 0 Å². The molecule has 0 saturated heterocycles. The Kier molecular flexibility index (Phi) is 3.17. The van der Waals surface area contributed by atoms with Crippen molar-refractivity contribution in [2.24, 2.45) is 5.73 Å². The summed E-state index contributed by atoms with van der Waals surface area (Å²) in [6.07, 6.45) is 3.76. The molecule has 0 aliphatic carbocycles. The Balaban J connectivity index is 1.77. The number of para-hydroxylation sites is 1. The lowest BCUT2D eigenvalue weighted by Gasteiger charge is -2.09. The van der Waals surface area contributed by atoms with Crippen molar-refractivity contribution in [2.45, 2.75) is 18.9 Å². The Bertz CT molecular complexity index is 627. The van der Waals surface area contributed by atoms with Crippen molar-refractivity contribution < 1.29 is 4.42 Å². The minimum absolute atomic E-state index is 0.0357. The molecule has 1 unspecified atom stereocenters. The van der Waals surface area contributed by atoms with E-state index in [1.807, 2.05) is 18.2 Å². The number of rotatable bonds is 4. The van der Waals surface area contributed by atoms with E-state index in [0.29, 0.717) is 0 Å². The molecule has 0 saturated carbocycles. The molecule has 3 rings (SSSR count). The summed E-state index contributed by atoms with van der Waals surface area (Å²) in [6.45, 7) is 0. The van der Waals surface area contributed by atoms with Crippen LogP contribution in [-0.4, -0.2) is 0 Å². The van der Waals surface area contributed by atoms with E-state index in [1.54, 1.807) is 17.6 Å². The third-order valence-electron chi connectivity index (χ3n) is 3.23. The van der Waals surface area contributed by atoms with Gasteiger partial charge in [-0.3, -0.25) is 0 Å². The fourth-order valence-electron chi connectivity index (χ4n) is 2.20. The van der Waals surface area contributed by atoms with Gasteiger partial charge in [0.25, 0.3) is 0 Å². The SMILES string of the molecule is NC(CCc1ccsc1)c1coc2ccccc12. The summed E-state index contributed by atoms with van der Waals surface area (Å²) in [5, 5.41) is 5.42. The quantitative estimate of drug-likeness (QED) is 0.763. The predicted octanol–water partition coefficient (Wildman–Crippen LogP) is 4.13. The minimum Gasteiger partial charge on any atom is -0.464 e. The highest BCUT2D eigenvalue weighted by molar-refractivity contribution is 7.07. The summed E-state index contributed by atoms with van der Waals surface area (Å²) in [4.78, 5) is 0. The molecule has 0 amide bonds. The average Bonchev–Trinajstić information content (AvgIpc) is 3.05. The van der Waals surface area contributed by atoms with Crippen LogP contribution in [-0.2, 0) is 6.42 Å². The molecule has 92 valence electrons. The smallest absolute Gasteiger partial charge is 0.134 e. The van der Waals surface area contributed by atoms with Gasteiger partial charge in [0.2, 0.25) is 0 Å². The first-order valence-corrected chi connectivity index (χ1v) is 7.01. The summed E-state index contributed by atoms with van der Waals surface area (Å²) in [5.74, 6) is 0. The average molecular weight is 257 g/mol. The maximum absolute atomic E-state index is 6.27. The molecular formula is C15H15NOS. The van der Waals surface area contributed by atoms with Gasteiger partial charge >= 0.3 is 0 Å². The molecule has 2 N–H and O–H groups in total. The van der Waals surface area contributed by atoms with Crippen LogP contribution in [0.1, 0.15) is 23.6 Å². The number of thiophene rings is 1. The summed E-state index contributed by atoms with van der Waals surface area (Å²) < 4.78 is 5.53. The molecule has 18 heavy (non-hydrogen) atoms. The molecule has 0 aliphatic heterocycles. The first-order chi connectivity index (χ1) is 8.84. The molecular weight excluding hydrogens is 242 g/mol. The highest BCUT2D eigenvalue weighted by Gasteiger charge is 2.12. The molecule has 0 radical (unpaired) electrons. The minimum atomic E-state index is 0.0357. The monoisotopic (exact) mass is 257 g/mol. The molecule has 2 heterocycles. The van der Waals surface area contributed by atoms with Gasteiger partial charge in [-0.15, -0.1) is 0 Å². The van der Waals surface area contributed by atoms with Gasteiger partial charge < -0.3 is 10.2 Å². The molecule has 1 aromatic carbocycles. The number of furan rings is 1. The Morgan fingerprint density at radius 1 is 1.22 bits per heavy atom. The van der Waals surface area contributed by atoms with E-state index in [9.17, 15) is 0 Å². The van der Waals surface area contributed by atoms with Gasteiger partial charge in [-0.25, -0.2) is 0 Å². The lowest BCUT2D eigenvalue weighted by Crippen LogP contribution is -2.10. The van der Waals surface area contributed by atoms with Crippen LogP contribution in [0.15, 0.2) is 51.8 Å². The fourth-order valence-corrected chi connectivity index (χ4v) is 2.90. The van der Waals surface area contributed by atoms with Gasteiger partial charge in [0.1, 0.15) is 5.58 Å². The first kappa shape index (κ1) is 11.5. The summed E-state index contributed by atoms with van der Waals surface area (Å²) in [5.41, 5.74) is 9.66. The standard InChI is InChI=1S/C15H15NOS/c16-14(6-5-11-7-8-18-10-11)13-9-17-15-4-2-1-3-12(13)15/h1-4,7-10,14H,5-6,16H2. The maximum Gasteiger partial charge on any atom is 0.134 e. The van der Waals surface area contributed by atoms with Gasteiger partial charge in [-0.2, -0.15) is 11.3 Å². The summed E-state index contributed by atoms with van der Waals surface area (Å²) in [7, 11) is 0. The van der Waals surface area contributed by atoms with E-state index >= 15 is 0 Å². The Labute approximate surface area is 110 Å². The highest BCUT2D eigenvalue weighted by Crippen LogP contribution is 2.27. The van der Waals surface area contributed by atoms with Gasteiger partial charge in [0, 0.05) is 17.0 Å². The molecule has 2 aromatic heterocycles. The number of fused-ring (bicyclic) bond motifs is 1. The number of nitrogens with two attached hydrogens (primary N) is 1. The first-order valence-electron chi connectivity index (χ1n) is 6.07. The van der Waals surface area contributed by atoms with Gasteiger partial charge in [0.05, 0.1) is 6.26 Å². The molecule has 0 fully saturated rings. The van der Waals surface area contributed by atoms with Gasteiger partial charge in [0.15, 0.2) is 0 Å². The number of aryl methyl sites for hydroxylation is 1. The van der Waals surface area contributed by atoms with E-state index < -0.39 is 0 Å². The van der Waals surface area contributed by atoms with E-state index in [-0.39, 0.29) is 6.04 Å². The number of hydrogen-bond donors (Lipinski definition) is 1. The van der Waals surface area contributed by atoms with E-state index in [4.69, 9.17) is 10.2 Å². The Morgan fingerprint density at radius 3 is 2.94 bits per heavy atom. The Morgan fingerprint density at radius 2 is 2.11 bits per heavy atom. The van der Waals surface area contributed by atoms with E-state index in [0.717, 1.165) is 29.4 Å². The third-order valence-corrected chi connectivity index (χ3v) is 3.97. The summed E-state index contributed by atoms with van der Waals surface area (Å²) >= 11 is 1.73. The maximum atomic E-state index is 6.27. The van der Waals surface area contributed by atoms with Crippen LogP contribution in [0.3, 0.4) is 0 Å². The van der Waals surface area contributed by atoms with Crippen LogP contribution in [0.25, 0.3) is 11.0 Å². The molecule has 1 atom stereocenters. The van der Waals surface area contributed by atoms with E-state index in [2.05, 4.69) is 22.9 Å². The zero-order valence-electron chi connectivity index (χ0n) is 10.0. The number of benzene rings is 1. The largest absolute Gasteiger partial charge is 0.464 e. The van der Waals surface area contributed by atoms with Crippen molar-refractivity contribution in [3.63, 3.8) is 0 Å². The van der Waals surface area contributed by atoms with Crippen molar-refractivity contribution in [1.82, 2.24) is 0 Å². The highest BCUT2D eigenvalue weighted by atomic mass is 32.1. The fraction of sp³-hybridized carbons (Fsp3) is 0.200. The normalized spacial score (nSPS) is 12.9. The van der Waals surface area contributed by atoms with Crippen molar-refractivity contribution in [2.75, 3.05) is 0 Å². The molecule has 3 aromatic rings. The lowest BCUT2D eigenvalue weighted by atomic mass is 10.0. The topological polar surface area (TPSA) is 39.2 Å². The van der Waals surface area contributed by atoms with Crippen LogP contribution in [0, 0.1) is 0 Å². The number of hydrogen-bond acceptors (Lipinski definition) is 3. The van der Waals surface area contributed by atoms with Crippen LogP contribution < -0.4 is 5.73 Å². The molecule has 2 nitrogen and oxygen atoms in total. The second-order valence-electron chi connectivity index (χ2n) is 4.46. The summed E-state index contributed by atoms with van der Waals surface area (Å²) in [6, 6.07) is 10.2. The molecule has 0 bridgehead atoms. The van der Waals surface area contributed by atoms with Crippen LogP contribution >= 0.6 is 11.3 Å². The lowest BCUT2D eigenvalue weighted by molar-refractivity contribution is 0.589. The van der Waals surface area contributed by atoms with Crippen LogP contribution in [0.4, 0.5) is 0 Å². The second kappa shape index (κ2) is 4.96. The van der Waals surface area contributed by atoms with Crippen molar-refractivity contribution >= 4 is 22.3 Å². The Hall–Kier alpha value is -1.58. The third kappa shape index (κ3) is 2.19. The second-order valence-corrected chi connectivity index (χ2v) is 5.24. The predicted molar refractivity (Wildman–Crippen MR) is 75.8 cm³/mol. The van der Waals surface area contributed by atoms with E-state index in [1.165, 1.54) is 5.56 Å². The zero-order valence-corrected chi connectivity index (χ0v) is 10.8. The van der Waals surface area contributed by atoms with Gasteiger partial charge in [-0.05, 0) is 41.3 Å². The molecule has 3 heteroatoms. The molecule has 0 aliphatic rings. The van der Waals surface area contributed by atoms with Crippen LogP contribution in [0.5, 0.6) is 0 Å². The molecule has 0 spiro atoms. The van der Waals surface area contributed by atoms with Crippen molar-refractivity contribution in [1.29, 1.82) is 0 Å². The van der Waals surface area contributed by atoms with Crippen LogP contribution in [0.2, 0.25) is 0 Å².